The van der Waals surface area contributed by atoms with E-state index in [-0.39, 0.29) is 5.91 Å². The Morgan fingerprint density at radius 3 is 2.81 bits per heavy atom. The third-order valence-corrected chi connectivity index (χ3v) is 4.36. The molecule has 0 aliphatic rings. The van der Waals surface area contributed by atoms with Crippen LogP contribution in [0.4, 0.5) is 5.82 Å². The first-order chi connectivity index (χ1) is 10.2. The van der Waals surface area contributed by atoms with Gasteiger partial charge in [-0.15, -0.1) is 11.8 Å². The minimum Gasteiger partial charge on any atom is -0.308 e. The topological polar surface area (TPSA) is 57.8 Å². The smallest absolute Gasteiger partial charge is 0.235 e. The molecule has 5 heteroatoms. The zero-order chi connectivity index (χ0) is 14.7. The van der Waals surface area contributed by atoms with Crippen LogP contribution in [0.5, 0.6) is 0 Å². The zero-order valence-corrected chi connectivity index (χ0v) is 12.4. The molecule has 4 nitrogen and oxygen atoms in total. The van der Waals surface area contributed by atoms with Crippen LogP contribution < -0.4 is 5.32 Å². The van der Waals surface area contributed by atoms with Gasteiger partial charge in [-0.3, -0.25) is 9.89 Å². The summed E-state index contributed by atoms with van der Waals surface area (Å²) in [6, 6.07) is 15.8. The predicted octanol–water partition coefficient (Wildman–Crippen LogP) is 3.60. The van der Waals surface area contributed by atoms with Crippen molar-refractivity contribution in [1.82, 2.24) is 10.2 Å². The fraction of sp³-hybridized carbons (Fsp3) is 0.125. The average Bonchev–Trinajstić information content (AvgIpc) is 2.90. The van der Waals surface area contributed by atoms with Gasteiger partial charge < -0.3 is 5.32 Å². The molecule has 0 saturated carbocycles. The summed E-state index contributed by atoms with van der Waals surface area (Å²) < 4.78 is 0. The lowest BCUT2D eigenvalue weighted by Crippen LogP contribution is -2.14. The van der Waals surface area contributed by atoms with Gasteiger partial charge in [0.25, 0.3) is 0 Å². The van der Waals surface area contributed by atoms with Gasteiger partial charge in [-0.1, -0.05) is 30.3 Å². The number of benzene rings is 2. The maximum absolute atomic E-state index is 12.1. The number of carbonyl (C=O) groups excluding carboxylic acids is 1. The number of nitrogens with one attached hydrogen (secondary N) is 2. The van der Waals surface area contributed by atoms with Crippen molar-refractivity contribution in [3.05, 3.63) is 54.1 Å². The number of para-hydroxylation sites is 1. The molecule has 0 fully saturated rings. The molecule has 0 saturated heterocycles. The summed E-state index contributed by atoms with van der Waals surface area (Å²) in [5, 5.41) is 10.8. The van der Waals surface area contributed by atoms with Crippen molar-refractivity contribution in [1.29, 1.82) is 0 Å². The van der Waals surface area contributed by atoms with Gasteiger partial charge in [-0.25, -0.2) is 0 Å². The van der Waals surface area contributed by atoms with E-state index in [2.05, 4.69) is 15.5 Å². The lowest BCUT2D eigenvalue weighted by atomic mass is 10.2. The monoisotopic (exact) mass is 297 g/mol. The summed E-state index contributed by atoms with van der Waals surface area (Å²) in [4.78, 5) is 13.2. The van der Waals surface area contributed by atoms with Gasteiger partial charge in [0.1, 0.15) is 0 Å². The van der Waals surface area contributed by atoms with Crippen LogP contribution in [0.3, 0.4) is 0 Å². The SMILES string of the molecule is Cc1ccccc1SCC(=O)Nc1n[nH]c2ccccc12. The molecule has 3 rings (SSSR count). The summed E-state index contributed by atoms with van der Waals surface area (Å²) >= 11 is 1.53. The van der Waals surface area contributed by atoms with E-state index in [4.69, 9.17) is 0 Å². The Labute approximate surface area is 126 Å². The van der Waals surface area contributed by atoms with Crippen molar-refractivity contribution in [3.63, 3.8) is 0 Å². The highest BCUT2D eigenvalue weighted by Crippen LogP contribution is 2.23. The van der Waals surface area contributed by atoms with Gasteiger partial charge in [0.15, 0.2) is 5.82 Å². The van der Waals surface area contributed by atoms with Crippen molar-refractivity contribution in [3.8, 4) is 0 Å². The molecule has 0 unspecified atom stereocenters. The lowest BCUT2D eigenvalue weighted by Gasteiger charge is -2.05. The summed E-state index contributed by atoms with van der Waals surface area (Å²) in [7, 11) is 0. The summed E-state index contributed by atoms with van der Waals surface area (Å²) in [6.45, 7) is 2.04. The van der Waals surface area contributed by atoms with E-state index in [0.717, 1.165) is 15.8 Å². The molecule has 0 atom stereocenters. The van der Waals surface area contributed by atoms with Gasteiger partial charge in [0, 0.05) is 10.3 Å². The molecule has 1 heterocycles. The number of aryl methyl sites for hydroxylation is 1. The summed E-state index contributed by atoms with van der Waals surface area (Å²) in [6.07, 6.45) is 0. The molecule has 106 valence electrons. The van der Waals surface area contributed by atoms with E-state index in [1.807, 2.05) is 55.5 Å². The van der Waals surface area contributed by atoms with E-state index in [0.29, 0.717) is 11.6 Å². The first-order valence-electron chi connectivity index (χ1n) is 6.65. The van der Waals surface area contributed by atoms with Gasteiger partial charge in [-0.2, -0.15) is 5.10 Å². The van der Waals surface area contributed by atoms with E-state index in [1.165, 1.54) is 17.3 Å². The Morgan fingerprint density at radius 1 is 1.19 bits per heavy atom. The zero-order valence-electron chi connectivity index (χ0n) is 11.6. The van der Waals surface area contributed by atoms with Crippen molar-refractivity contribution < 1.29 is 4.79 Å². The highest BCUT2D eigenvalue weighted by molar-refractivity contribution is 8.00. The number of anilines is 1. The number of thioether (sulfide) groups is 1. The Balaban J connectivity index is 1.66. The number of carbonyl (C=O) groups is 1. The van der Waals surface area contributed by atoms with Crippen LogP contribution in [0.1, 0.15) is 5.56 Å². The number of rotatable bonds is 4. The minimum atomic E-state index is -0.0551. The molecule has 0 aliphatic carbocycles. The Bertz CT molecular complexity index is 782. The molecule has 0 aliphatic heterocycles. The van der Waals surface area contributed by atoms with Crippen molar-refractivity contribution in [2.75, 3.05) is 11.1 Å². The van der Waals surface area contributed by atoms with E-state index < -0.39 is 0 Å². The van der Waals surface area contributed by atoms with Gasteiger partial charge in [0.05, 0.1) is 11.3 Å². The second-order valence-corrected chi connectivity index (χ2v) is 5.74. The predicted molar refractivity (Wildman–Crippen MR) is 86.6 cm³/mol. The van der Waals surface area contributed by atoms with Crippen LogP contribution in [-0.2, 0) is 4.79 Å². The van der Waals surface area contributed by atoms with E-state index in [1.54, 1.807) is 0 Å². The maximum Gasteiger partial charge on any atom is 0.235 e. The van der Waals surface area contributed by atoms with E-state index >= 15 is 0 Å². The van der Waals surface area contributed by atoms with Gasteiger partial charge >= 0.3 is 0 Å². The highest BCUT2D eigenvalue weighted by Gasteiger charge is 2.09. The molecule has 2 aromatic carbocycles. The van der Waals surface area contributed by atoms with Crippen LogP contribution in [0.15, 0.2) is 53.4 Å². The molecule has 1 aromatic heterocycles. The lowest BCUT2D eigenvalue weighted by molar-refractivity contribution is -0.113. The number of aromatic nitrogens is 2. The van der Waals surface area contributed by atoms with Gasteiger partial charge in [-0.05, 0) is 30.7 Å². The van der Waals surface area contributed by atoms with Crippen molar-refractivity contribution >= 4 is 34.4 Å². The number of fused-ring (bicyclic) bond motifs is 1. The summed E-state index contributed by atoms with van der Waals surface area (Å²) in [5.74, 6) is 0.896. The fourth-order valence-electron chi connectivity index (χ4n) is 2.09. The Morgan fingerprint density at radius 2 is 1.95 bits per heavy atom. The third kappa shape index (κ3) is 3.08. The van der Waals surface area contributed by atoms with Crippen LogP contribution in [0, 0.1) is 6.92 Å². The van der Waals surface area contributed by atoms with Crippen molar-refractivity contribution in [2.45, 2.75) is 11.8 Å². The first-order valence-corrected chi connectivity index (χ1v) is 7.64. The quantitative estimate of drug-likeness (QED) is 0.723. The van der Waals surface area contributed by atoms with Crippen LogP contribution in [0.2, 0.25) is 0 Å². The Hall–Kier alpha value is -2.27. The minimum absolute atomic E-state index is 0.0551. The number of hydrogen-bond acceptors (Lipinski definition) is 3. The molecule has 3 aromatic rings. The number of H-pyrrole nitrogens is 1. The molecule has 0 spiro atoms. The molecular formula is C16H15N3OS. The van der Waals surface area contributed by atoms with Gasteiger partial charge in [0.2, 0.25) is 5.91 Å². The number of nitrogens with zero attached hydrogens (tertiary/aromatic N) is 1. The molecule has 1 amide bonds. The normalized spacial score (nSPS) is 10.7. The average molecular weight is 297 g/mol. The molecule has 21 heavy (non-hydrogen) atoms. The van der Waals surface area contributed by atoms with Crippen molar-refractivity contribution in [2.24, 2.45) is 0 Å². The summed E-state index contributed by atoms with van der Waals surface area (Å²) in [5.41, 5.74) is 2.10. The molecule has 0 radical (unpaired) electrons. The number of hydrogen-bond donors (Lipinski definition) is 2. The molecule has 2 N–H and O–H groups in total. The second-order valence-electron chi connectivity index (χ2n) is 4.72. The van der Waals surface area contributed by atoms with E-state index in [9.17, 15) is 4.79 Å². The van der Waals surface area contributed by atoms with Crippen LogP contribution in [-0.4, -0.2) is 21.9 Å². The maximum atomic E-state index is 12.1. The highest BCUT2D eigenvalue weighted by atomic mass is 32.2. The number of aromatic amines is 1. The molecular weight excluding hydrogens is 282 g/mol. The first kappa shape index (κ1) is 13.7. The van der Waals surface area contributed by atoms with Crippen LogP contribution >= 0.6 is 11.8 Å². The third-order valence-electron chi connectivity index (χ3n) is 3.18. The largest absolute Gasteiger partial charge is 0.308 e. The fourth-order valence-corrected chi connectivity index (χ4v) is 2.92. The Kier molecular flexibility index (Phi) is 3.92. The number of amides is 1. The van der Waals surface area contributed by atoms with Crippen LogP contribution in [0.25, 0.3) is 10.9 Å². The standard InChI is InChI=1S/C16H15N3OS/c1-11-6-2-5-9-14(11)21-10-15(20)17-16-12-7-3-4-8-13(12)18-19-16/h2-9H,10H2,1H3,(H2,17,18,19,20). The molecule has 0 bridgehead atoms. The second kappa shape index (κ2) is 6.01.